The number of rotatable bonds is 0. The van der Waals surface area contributed by atoms with Crippen LogP contribution in [0.15, 0.2) is 12.1 Å². The average molecular weight is 179 g/mol. The molecule has 0 atom stereocenters. The van der Waals surface area contributed by atoms with Crippen molar-refractivity contribution in [3.63, 3.8) is 0 Å². The highest BCUT2D eigenvalue weighted by atomic mass is 19.1. The van der Waals surface area contributed by atoms with Gasteiger partial charge in [0, 0.05) is 0 Å². The van der Waals surface area contributed by atoms with Crippen LogP contribution in [-0.4, -0.2) is 9.38 Å². The maximum absolute atomic E-state index is 13.1. The molecule has 0 spiro atoms. The lowest BCUT2D eigenvalue weighted by Gasteiger charge is -2.02. The van der Waals surface area contributed by atoms with Gasteiger partial charge in [0.25, 0.3) is 0 Å². The van der Waals surface area contributed by atoms with E-state index in [0.29, 0.717) is 17.2 Å². The fraction of sp³-hybridized carbons (Fsp3) is 0.222. The predicted molar refractivity (Wildman–Crippen MR) is 49.0 cm³/mol. The molecule has 13 heavy (non-hydrogen) atoms. The van der Waals surface area contributed by atoms with Crippen molar-refractivity contribution in [1.82, 2.24) is 9.38 Å². The molecule has 0 aliphatic rings. The largest absolute Gasteiger partial charge is 0.383 e. The summed E-state index contributed by atoms with van der Waals surface area (Å²) in [5, 5.41) is 0. The summed E-state index contributed by atoms with van der Waals surface area (Å²) in [5.41, 5.74) is 7.66. The van der Waals surface area contributed by atoms with E-state index in [2.05, 4.69) is 4.98 Å². The van der Waals surface area contributed by atoms with E-state index in [9.17, 15) is 4.39 Å². The van der Waals surface area contributed by atoms with Crippen molar-refractivity contribution in [2.75, 3.05) is 5.73 Å². The molecular formula is C9H10FN3. The highest BCUT2D eigenvalue weighted by Gasteiger charge is 2.09. The molecule has 0 aliphatic heterocycles. The van der Waals surface area contributed by atoms with Crippen molar-refractivity contribution >= 4 is 11.5 Å². The van der Waals surface area contributed by atoms with Crippen molar-refractivity contribution < 1.29 is 4.39 Å². The first-order chi connectivity index (χ1) is 6.11. The Kier molecular flexibility index (Phi) is 1.52. The van der Waals surface area contributed by atoms with Crippen LogP contribution in [0, 0.1) is 19.7 Å². The van der Waals surface area contributed by atoms with Crippen molar-refractivity contribution in [2.45, 2.75) is 13.8 Å². The van der Waals surface area contributed by atoms with Crippen molar-refractivity contribution in [3.8, 4) is 0 Å². The van der Waals surface area contributed by atoms with E-state index in [4.69, 9.17) is 5.73 Å². The molecule has 3 nitrogen and oxygen atoms in total. The number of hydrogen-bond donors (Lipinski definition) is 1. The number of anilines is 1. The SMILES string of the molecule is Cc1nc2ccc(F)c(C)n2c1N. The second-order valence-corrected chi connectivity index (χ2v) is 3.04. The summed E-state index contributed by atoms with van der Waals surface area (Å²) in [6.45, 7) is 3.49. The first-order valence-electron chi connectivity index (χ1n) is 4.01. The fourth-order valence-electron chi connectivity index (χ4n) is 1.40. The second-order valence-electron chi connectivity index (χ2n) is 3.04. The summed E-state index contributed by atoms with van der Waals surface area (Å²) in [6, 6.07) is 3.02. The summed E-state index contributed by atoms with van der Waals surface area (Å²) in [6.07, 6.45) is 0. The van der Waals surface area contributed by atoms with Crippen LogP contribution in [0.2, 0.25) is 0 Å². The van der Waals surface area contributed by atoms with Crippen LogP contribution in [0.4, 0.5) is 10.2 Å². The van der Waals surface area contributed by atoms with E-state index < -0.39 is 0 Å². The molecule has 2 aromatic heterocycles. The van der Waals surface area contributed by atoms with Gasteiger partial charge in [-0.2, -0.15) is 0 Å². The molecule has 0 unspecified atom stereocenters. The lowest BCUT2D eigenvalue weighted by Crippen LogP contribution is -1.99. The zero-order chi connectivity index (χ0) is 9.59. The van der Waals surface area contributed by atoms with Gasteiger partial charge in [-0.1, -0.05) is 0 Å². The second kappa shape index (κ2) is 2.45. The number of hydrogen-bond acceptors (Lipinski definition) is 2. The minimum Gasteiger partial charge on any atom is -0.383 e. The third-order valence-electron chi connectivity index (χ3n) is 2.18. The topological polar surface area (TPSA) is 43.3 Å². The number of fused-ring (bicyclic) bond motifs is 1. The molecule has 0 fully saturated rings. The molecule has 4 heteroatoms. The number of nitrogens with two attached hydrogens (primary N) is 1. The third-order valence-corrected chi connectivity index (χ3v) is 2.18. The molecule has 0 bridgehead atoms. The minimum absolute atomic E-state index is 0.267. The lowest BCUT2D eigenvalue weighted by molar-refractivity contribution is 0.607. The van der Waals surface area contributed by atoms with Gasteiger partial charge in [0.15, 0.2) is 0 Å². The van der Waals surface area contributed by atoms with Crippen LogP contribution in [0.25, 0.3) is 5.65 Å². The summed E-state index contributed by atoms with van der Waals surface area (Å²) < 4.78 is 14.7. The van der Waals surface area contributed by atoms with E-state index in [-0.39, 0.29) is 5.82 Å². The zero-order valence-corrected chi connectivity index (χ0v) is 7.50. The number of aryl methyl sites for hydroxylation is 2. The molecular weight excluding hydrogens is 169 g/mol. The molecule has 0 saturated carbocycles. The maximum atomic E-state index is 13.1. The number of halogens is 1. The van der Waals surface area contributed by atoms with E-state index >= 15 is 0 Å². The van der Waals surface area contributed by atoms with Crippen molar-refractivity contribution in [2.24, 2.45) is 0 Å². The number of nitrogens with zero attached hydrogens (tertiary/aromatic N) is 2. The van der Waals surface area contributed by atoms with E-state index in [1.165, 1.54) is 6.07 Å². The average Bonchev–Trinajstić information content (AvgIpc) is 2.37. The molecule has 0 saturated heterocycles. The van der Waals surface area contributed by atoms with Gasteiger partial charge in [0.05, 0.1) is 11.4 Å². The molecule has 68 valence electrons. The number of nitrogen functional groups attached to an aromatic ring is 1. The van der Waals surface area contributed by atoms with Gasteiger partial charge in [-0.25, -0.2) is 9.37 Å². The Morgan fingerprint density at radius 3 is 2.77 bits per heavy atom. The van der Waals surface area contributed by atoms with E-state index in [1.54, 1.807) is 24.3 Å². The Morgan fingerprint density at radius 1 is 1.38 bits per heavy atom. The number of pyridine rings is 1. The predicted octanol–water partition coefficient (Wildman–Crippen LogP) is 1.67. The first kappa shape index (κ1) is 8.04. The molecule has 2 aromatic rings. The van der Waals surface area contributed by atoms with E-state index in [0.717, 1.165) is 5.69 Å². The first-order valence-corrected chi connectivity index (χ1v) is 4.01. The molecule has 2 N–H and O–H groups in total. The number of aromatic nitrogens is 2. The van der Waals surface area contributed by atoms with Gasteiger partial charge in [0.1, 0.15) is 17.3 Å². The normalized spacial score (nSPS) is 11.0. The summed E-state index contributed by atoms with van der Waals surface area (Å²) in [5.74, 6) is 0.239. The fourth-order valence-corrected chi connectivity index (χ4v) is 1.40. The zero-order valence-electron chi connectivity index (χ0n) is 7.50. The molecule has 0 radical (unpaired) electrons. The summed E-state index contributed by atoms with van der Waals surface area (Å²) in [4.78, 5) is 4.19. The number of imidazole rings is 1. The molecule has 0 aromatic carbocycles. The van der Waals surface area contributed by atoms with Gasteiger partial charge in [-0.05, 0) is 26.0 Å². The lowest BCUT2D eigenvalue weighted by atomic mass is 10.3. The van der Waals surface area contributed by atoms with Crippen LogP contribution < -0.4 is 5.73 Å². The quantitative estimate of drug-likeness (QED) is 0.668. The van der Waals surface area contributed by atoms with Crippen LogP contribution in [0.1, 0.15) is 11.4 Å². The highest BCUT2D eigenvalue weighted by Crippen LogP contribution is 2.17. The van der Waals surface area contributed by atoms with Crippen LogP contribution >= 0.6 is 0 Å². The van der Waals surface area contributed by atoms with Gasteiger partial charge >= 0.3 is 0 Å². The monoisotopic (exact) mass is 179 g/mol. The summed E-state index contributed by atoms with van der Waals surface area (Å²) >= 11 is 0. The standard InChI is InChI=1S/C9H10FN3/c1-5-9(11)13-6(2)7(10)3-4-8(13)12-5/h3-4H,11H2,1-2H3. The third kappa shape index (κ3) is 0.983. The summed E-state index contributed by atoms with van der Waals surface area (Å²) in [7, 11) is 0. The van der Waals surface area contributed by atoms with Crippen LogP contribution in [0.3, 0.4) is 0 Å². The highest BCUT2D eigenvalue weighted by molar-refractivity contribution is 5.53. The Labute approximate surface area is 75.0 Å². The van der Waals surface area contributed by atoms with Gasteiger partial charge in [-0.15, -0.1) is 0 Å². The van der Waals surface area contributed by atoms with Crippen molar-refractivity contribution in [1.29, 1.82) is 0 Å². The Morgan fingerprint density at radius 2 is 2.08 bits per heavy atom. The van der Waals surface area contributed by atoms with Crippen LogP contribution in [-0.2, 0) is 0 Å². The molecule has 2 heterocycles. The van der Waals surface area contributed by atoms with Gasteiger partial charge in [-0.3, -0.25) is 4.40 Å². The Balaban J connectivity index is 2.97. The minimum atomic E-state index is -0.267. The van der Waals surface area contributed by atoms with Crippen LogP contribution in [0.5, 0.6) is 0 Å². The molecule has 0 amide bonds. The smallest absolute Gasteiger partial charge is 0.142 e. The van der Waals surface area contributed by atoms with Gasteiger partial charge in [0.2, 0.25) is 0 Å². The maximum Gasteiger partial charge on any atom is 0.142 e. The molecule has 2 rings (SSSR count). The Bertz CT molecular complexity index is 473. The van der Waals surface area contributed by atoms with E-state index in [1.807, 2.05) is 0 Å². The van der Waals surface area contributed by atoms with Crippen molar-refractivity contribution in [3.05, 3.63) is 29.3 Å². The van der Waals surface area contributed by atoms with Gasteiger partial charge < -0.3 is 5.73 Å². The Hall–Kier alpha value is -1.58. The molecule has 0 aliphatic carbocycles.